The first-order valence-corrected chi connectivity index (χ1v) is 12.3. The van der Waals surface area contributed by atoms with Gasteiger partial charge in [0.25, 0.3) is 5.56 Å². The lowest BCUT2D eigenvalue weighted by Crippen LogP contribution is -2.40. The third-order valence-corrected chi connectivity index (χ3v) is 7.44. The van der Waals surface area contributed by atoms with Crippen LogP contribution < -0.4 is 14.9 Å². The molecule has 160 valence electrons. The summed E-state index contributed by atoms with van der Waals surface area (Å²) >= 11 is 12.4. The fraction of sp³-hybridized carbons (Fsp3) is 0.227. The molecule has 0 spiro atoms. The van der Waals surface area contributed by atoms with Crippen LogP contribution in [0.1, 0.15) is 37.3 Å². The molecule has 2 aromatic heterocycles. The number of halogens is 2. The summed E-state index contributed by atoms with van der Waals surface area (Å²) in [4.78, 5) is 32.5. The number of allylic oxidation sites excluding steroid dienone is 1. The molecule has 0 unspecified atom stereocenters. The molecule has 4 rings (SSSR count). The lowest BCUT2D eigenvalue weighted by Gasteiger charge is -2.25. The zero-order valence-electron chi connectivity index (χ0n) is 16.9. The molecule has 3 heterocycles. The van der Waals surface area contributed by atoms with Crippen molar-refractivity contribution in [1.82, 2.24) is 4.57 Å². The predicted molar refractivity (Wildman–Crippen MR) is 128 cm³/mol. The molecule has 31 heavy (non-hydrogen) atoms. The lowest BCUT2D eigenvalue weighted by atomic mass is 9.96. The number of rotatable bonds is 4. The molecule has 1 aliphatic heterocycles. The van der Waals surface area contributed by atoms with E-state index in [-0.39, 0.29) is 11.7 Å². The van der Waals surface area contributed by atoms with Crippen molar-refractivity contribution in [2.24, 2.45) is 4.99 Å². The molecule has 0 saturated carbocycles. The molecule has 5 nitrogen and oxygen atoms in total. The highest BCUT2D eigenvalue weighted by Gasteiger charge is 2.33. The first kappa shape index (κ1) is 22.2. The van der Waals surface area contributed by atoms with Crippen molar-refractivity contribution in [3.05, 3.63) is 86.6 Å². The molecule has 1 atom stereocenters. The minimum absolute atomic E-state index is 0.199. The molecule has 3 aromatic rings. The first-order chi connectivity index (χ1) is 14.7. The van der Waals surface area contributed by atoms with Crippen LogP contribution in [0.2, 0.25) is 5.02 Å². The zero-order valence-corrected chi connectivity index (χ0v) is 20.9. The molecule has 9 heteroatoms. The van der Waals surface area contributed by atoms with Gasteiger partial charge >= 0.3 is 5.97 Å². The van der Waals surface area contributed by atoms with E-state index in [1.807, 2.05) is 30.3 Å². The van der Waals surface area contributed by atoms with Crippen molar-refractivity contribution in [1.29, 1.82) is 0 Å². The maximum Gasteiger partial charge on any atom is 0.338 e. The lowest BCUT2D eigenvalue weighted by molar-refractivity contribution is -0.143. The summed E-state index contributed by atoms with van der Waals surface area (Å²) in [6.07, 6.45) is 1.56. The van der Waals surface area contributed by atoms with E-state index in [4.69, 9.17) is 16.3 Å². The molecule has 0 aliphatic carbocycles. The molecule has 0 bridgehead atoms. The second-order valence-electron chi connectivity index (χ2n) is 7.23. The molecular weight excluding hydrogens is 520 g/mol. The Hall–Kier alpha value is -2.00. The molecule has 1 aliphatic rings. The number of aromatic nitrogens is 1. The van der Waals surface area contributed by atoms with Crippen LogP contribution >= 0.6 is 50.2 Å². The summed E-state index contributed by atoms with van der Waals surface area (Å²) in [5.41, 5.74) is 1.46. The minimum atomic E-state index is -0.642. The van der Waals surface area contributed by atoms with Gasteiger partial charge in [-0.05, 0) is 72.6 Å². The van der Waals surface area contributed by atoms with E-state index >= 15 is 0 Å². The number of nitrogens with zero attached hydrogens (tertiary/aromatic N) is 2. The van der Waals surface area contributed by atoms with Gasteiger partial charge < -0.3 is 4.74 Å². The van der Waals surface area contributed by atoms with Gasteiger partial charge in [0, 0.05) is 9.90 Å². The number of hydrogen-bond donors (Lipinski definition) is 0. The number of ether oxygens (including phenoxy) is 1. The van der Waals surface area contributed by atoms with Crippen molar-refractivity contribution in [2.45, 2.75) is 32.9 Å². The van der Waals surface area contributed by atoms with Crippen molar-refractivity contribution in [3.63, 3.8) is 0 Å². The van der Waals surface area contributed by atoms with Gasteiger partial charge in [-0.1, -0.05) is 35.1 Å². The number of carbonyl (C=O) groups excluding carboxylic acids is 1. The number of thiazole rings is 1. The highest BCUT2D eigenvalue weighted by Crippen LogP contribution is 2.31. The number of benzene rings is 1. The molecule has 0 N–H and O–H groups in total. The quantitative estimate of drug-likeness (QED) is 0.455. The molecule has 1 aromatic carbocycles. The van der Waals surface area contributed by atoms with Crippen LogP contribution in [0.15, 0.2) is 61.2 Å². The SMILES string of the molecule is CC1=C(C(=O)OC(C)C)[C@H](c2ccc(Cl)cc2)n2c(s/c(=C\c3ccc(Br)s3)c2=O)=N1. The summed E-state index contributed by atoms with van der Waals surface area (Å²) in [6.45, 7) is 5.35. The van der Waals surface area contributed by atoms with Crippen LogP contribution in [-0.4, -0.2) is 16.6 Å². The van der Waals surface area contributed by atoms with E-state index in [1.54, 1.807) is 37.5 Å². The van der Waals surface area contributed by atoms with Gasteiger partial charge in [0.15, 0.2) is 4.80 Å². The topological polar surface area (TPSA) is 60.7 Å². The van der Waals surface area contributed by atoms with E-state index < -0.39 is 12.0 Å². The van der Waals surface area contributed by atoms with E-state index in [0.29, 0.717) is 25.6 Å². The van der Waals surface area contributed by atoms with Gasteiger partial charge in [-0.2, -0.15) is 0 Å². The molecule has 0 saturated heterocycles. The monoisotopic (exact) mass is 536 g/mol. The minimum Gasteiger partial charge on any atom is -0.459 e. The Morgan fingerprint density at radius 1 is 1.23 bits per heavy atom. The van der Waals surface area contributed by atoms with Crippen LogP contribution in [-0.2, 0) is 9.53 Å². The average Bonchev–Trinajstić information content (AvgIpc) is 3.24. The van der Waals surface area contributed by atoms with Gasteiger partial charge in [0.05, 0.1) is 31.7 Å². The highest BCUT2D eigenvalue weighted by atomic mass is 79.9. The predicted octanol–water partition coefficient (Wildman–Crippen LogP) is 4.66. The third-order valence-electron chi connectivity index (χ3n) is 4.64. The Morgan fingerprint density at radius 3 is 2.55 bits per heavy atom. The normalized spacial score (nSPS) is 16.5. The Morgan fingerprint density at radius 2 is 1.94 bits per heavy atom. The van der Waals surface area contributed by atoms with Crippen LogP contribution in [0.4, 0.5) is 0 Å². The van der Waals surface area contributed by atoms with E-state index in [1.165, 1.54) is 22.7 Å². The van der Waals surface area contributed by atoms with Crippen LogP contribution in [0.3, 0.4) is 0 Å². The number of esters is 1. The molecular formula is C22H18BrClN2O3S2. The Bertz CT molecular complexity index is 1370. The maximum atomic E-state index is 13.4. The van der Waals surface area contributed by atoms with E-state index in [0.717, 1.165) is 14.2 Å². The number of hydrogen-bond acceptors (Lipinski definition) is 6. The van der Waals surface area contributed by atoms with Gasteiger partial charge in [0.2, 0.25) is 0 Å². The fourth-order valence-corrected chi connectivity index (χ4v) is 5.96. The third kappa shape index (κ3) is 4.48. The average molecular weight is 538 g/mol. The zero-order chi connectivity index (χ0) is 22.3. The first-order valence-electron chi connectivity index (χ1n) is 9.49. The maximum absolute atomic E-state index is 13.4. The smallest absolute Gasteiger partial charge is 0.338 e. The molecule has 0 fully saturated rings. The summed E-state index contributed by atoms with van der Waals surface area (Å²) in [7, 11) is 0. The van der Waals surface area contributed by atoms with Crippen LogP contribution in [0.25, 0.3) is 6.08 Å². The summed E-state index contributed by atoms with van der Waals surface area (Å²) < 4.78 is 8.61. The molecule has 0 radical (unpaired) electrons. The van der Waals surface area contributed by atoms with Crippen molar-refractivity contribution in [3.8, 4) is 0 Å². The van der Waals surface area contributed by atoms with Crippen molar-refractivity contribution < 1.29 is 9.53 Å². The van der Waals surface area contributed by atoms with Crippen LogP contribution in [0, 0.1) is 0 Å². The van der Waals surface area contributed by atoms with Crippen molar-refractivity contribution in [2.75, 3.05) is 0 Å². The fourth-order valence-electron chi connectivity index (χ4n) is 3.36. The number of carbonyl (C=O) groups is 1. The second kappa shape index (κ2) is 8.86. The van der Waals surface area contributed by atoms with E-state index in [9.17, 15) is 9.59 Å². The van der Waals surface area contributed by atoms with Gasteiger partial charge in [-0.25, -0.2) is 9.79 Å². The second-order valence-corrected chi connectivity index (χ2v) is 11.2. The Labute approximate surface area is 200 Å². The molecule has 0 amide bonds. The number of fused-ring (bicyclic) bond motifs is 1. The summed E-state index contributed by atoms with van der Waals surface area (Å²) in [5, 5.41) is 0.575. The number of thiophene rings is 1. The van der Waals surface area contributed by atoms with Gasteiger partial charge in [-0.15, -0.1) is 11.3 Å². The van der Waals surface area contributed by atoms with Gasteiger partial charge in [0.1, 0.15) is 0 Å². The Kier molecular flexibility index (Phi) is 6.35. The van der Waals surface area contributed by atoms with Crippen molar-refractivity contribution >= 4 is 62.2 Å². The highest BCUT2D eigenvalue weighted by molar-refractivity contribution is 9.11. The Balaban J connectivity index is 1.95. The largest absolute Gasteiger partial charge is 0.459 e. The van der Waals surface area contributed by atoms with E-state index in [2.05, 4.69) is 20.9 Å². The van der Waals surface area contributed by atoms with Gasteiger partial charge in [-0.3, -0.25) is 9.36 Å². The standard InChI is InChI=1S/C22H18BrClN2O3S2/c1-11(2)29-21(28)18-12(3)25-22-26(19(18)13-4-6-14(24)7-5-13)20(27)16(31-22)10-15-8-9-17(23)30-15/h4-11,19H,1-3H3/b16-10-/t19-/m0/s1. The summed E-state index contributed by atoms with van der Waals surface area (Å²) in [6, 6.07) is 10.4. The van der Waals surface area contributed by atoms with Crippen LogP contribution in [0.5, 0.6) is 0 Å². The summed E-state index contributed by atoms with van der Waals surface area (Å²) in [5.74, 6) is -0.479.